The van der Waals surface area contributed by atoms with E-state index in [1.54, 1.807) is 0 Å². The van der Waals surface area contributed by atoms with Crippen LogP contribution in [0.3, 0.4) is 0 Å². The van der Waals surface area contributed by atoms with Gasteiger partial charge in [0.1, 0.15) is 0 Å². The Morgan fingerprint density at radius 3 is 2.17 bits per heavy atom. The lowest BCUT2D eigenvalue weighted by molar-refractivity contribution is 0.139. The van der Waals surface area contributed by atoms with E-state index in [4.69, 9.17) is 4.74 Å². The van der Waals surface area contributed by atoms with E-state index in [0.29, 0.717) is 6.04 Å². The zero-order valence-corrected chi connectivity index (χ0v) is 16.5. The van der Waals surface area contributed by atoms with Crippen LogP contribution in [0.2, 0.25) is 0 Å². The van der Waals surface area contributed by atoms with Crippen LogP contribution >= 0.6 is 0 Å². The number of piperidine rings is 1. The summed E-state index contributed by atoms with van der Waals surface area (Å²) in [5, 5.41) is 0. The molecule has 0 unspecified atom stereocenters. The van der Waals surface area contributed by atoms with Gasteiger partial charge in [-0.05, 0) is 65.0 Å². The van der Waals surface area contributed by atoms with Gasteiger partial charge >= 0.3 is 0 Å². The summed E-state index contributed by atoms with van der Waals surface area (Å²) < 4.78 is 5.44. The largest absolute Gasteiger partial charge is 0.499 e. The number of ether oxygens (including phenoxy) is 1. The third-order valence-corrected chi connectivity index (χ3v) is 3.86. The summed E-state index contributed by atoms with van der Waals surface area (Å²) in [6.45, 7) is 25.7. The van der Waals surface area contributed by atoms with Crippen LogP contribution < -0.4 is 0 Å². The molecule has 1 aliphatic rings. The normalized spacial score (nSPS) is 16.0. The molecule has 1 fully saturated rings. The van der Waals surface area contributed by atoms with Gasteiger partial charge in [-0.1, -0.05) is 27.4 Å². The molecule has 1 heterocycles. The Morgan fingerprint density at radius 1 is 1.22 bits per heavy atom. The monoisotopic (exact) mass is 324 g/mol. The average Bonchev–Trinajstić information content (AvgIpc) is 2.58. The van der Waals surface area contributed by atoms with Gasteiger partial charge in [0.2, 0.25) is 0 Å². The fourth-order valence-electron chi connectivity index (χ4n) is 2.73. The van der Waals surface area contributed by atoms with E-state index in [-0.39, 0.29) is 0 Å². The van der Waals surface area contributed by atoms with Crippen molar-refractivity contribution in [2.45, 2.75) is 53.5 Å². The van der Waals surface area contributed by atoms with E-state index < -0.39 is 0 Å². The number of likely N-dealkylation sites (N-methyl/N-ethyl adjacent to an activating group) is 1. The Labute approximate surface area is 145 Å². The Bertz CT molecular complexity index is 318. The fraction of sp³-hybridized carbons (Fsp3) is 0.700. The fourth-order valence-corrected chi connectivity index (χ4v) is 2.73. The van der Waals surface area contributed by atoms with Gasteiger partial charge in [0.25, 0.3) is 0 Å². The molecular formula is C20H40N2O. The first-order valence-electron chi connectivity index (χ1n) is 8.98. The molecule has 1 aliphatic heterocycles. The van der Waals surface area contributed by atoms with Crippen LogP contribution in [0, 0.1) is 0 Å². The molecule has 0 aromatic heterocycles. The summed E-state index contributed by atoms with van der Waals surface area (Å²) in [5.74, 6) is 0.960. The van der Waals surface area contributed by atoms with Crippen molar-refractivity contribution in [3.8, 4) is 0 Å². The molecule has 1 rings (SSSR count). The molecule has 23 heavy (non-hydrogen) atoms. The standard InChI is InChI=1S/C16H30N2O.C2H6.C2H4/c1-6-18-10-8-16(9-11-18)17(5)13-14(3)12-15(4)19-7-2;2*1-2/h12,16H,3,6-11,13H2,1-2,4-5H3;1-2H3;1-2H2/b15-12+;;. The summed E-state index contributed by atoms with van der Waals surface area (Å²) in [7, 11) is 2.21. The van der Waals surface area contributed by atoms with Gasteiger partial charge in [-0.3, -0.25) is 4.90 Å². The van der Waals surface area contributed by atoms with Gasteiger partial charge in [-0.25, -0.2) is 0 Å². The van der Waals surface area contributed by atoms with Crippen molar-refractivity contribution in [1.82, 2.24) is 9.80 Å². The van der Waals surface area contributed by atoms with Crippen molar-refractivity contribution >= 4 is 0 Å². The van der Waals surface area contributed by atoms with Crippen molar-refractivity contribution < 1.29 is 4.74 Å². The van der Waals surface area contributed by atoms with Gasteiger partial charge in [-0.15, -0.1) is 13.2 Å². The lowest BCUT2D eigenvalue weighted by Crippen LogP contribution is -2.43. The Balaban J connectivity index is 0. The molecule has 0 aliphatic carbocycles. The second-order valence-corrected chi connectivity index (χ2v) is 5.43. The predicted molar refractivity (Wildman–Crippen MR) is 105 cm³/mol. The Kier molecular flexibility index (Phi) is 16.6. The molecule has 0 bridgehead atoms. The number of rotatable bonds is 7. The van der Waals surface area contributed by atoms with Crippen molar-refractivity contribution in [3.05, 3.63) is 37.1 Å². The molecule has 0 radical (unpaired) electrons. The molecule has 0 aromatic rings. The highest BCUT2D eigenvalue weighted by Crippen LogP contribution is 2.16. The Morgan fingerprint density at radius 2 is 1.74 bits per heavy atom. The van der Waals surface area contributed by atoms with Crippen molar-refractivity contribution in [2.75, 3.05) is 39.8 Å². The molecule has 0 amide bonds. The van der Waals surface area contributed by atoms with Crippen LogP contribution in [0.25, 0.3) is 0 Å². The third-order valence-electron chi connectivity index (χ3n) is 3.86. The van der Waals surface area contributed by atoms with E-state index in [9.17, 15) is 0 Å². The molecule has 1 saturated heterocycles. The number of hydrogen-bond donors (Lipinski definition) is 0. The van der Waals surface area contributed by atoms with Crippen molar-refractivity contribution in [3.63, 3.8) is 0 Å². The maximum absolute atomic E-state index is 5.44. The topological polar surface area (TPSA) is 15.7 Å². The highest BCUT2D eigenvalue weighted by molar-refractivity contribution is 5.18. The molecule has 0 spiro atoms. The maximum atomic E-state index is 5.44. The lowest BCUT2D eigenvalue weighted by atomic mass is 10.0. The van der Waals surface area contributed by atoms with E-state index in [0.717, 1.165) is 24.5 Å². The minimum absolute atomic E-state index is 0.695. The summed E-state index contributed by atoms with van der Waals surface area (Å²) in [6.07, 6.45) is 4.60. The average molecular weight is 325 g/mol. The maximum Gasteiger partial charge on any atom is 0.0931 e. The summed E-state index contributed by atoms with van der Waals surface area (Å²) in [5.41, 5.74) is 1.13. The second kappa shape index (κ2) is 15.8. The molecule has 0 saturated carbocycles. The van der Waals surface area contributed by atoms with Gasteiger partial charge in [0.05, 0.1) is 12.4 Å². The highest BCUT2D eigenvalue weighted by atomic mass is 16.5. The lowest BCUT2D eigenvalue weighted by Gasteiger charge is -2.36. The van der Waals surface area contributed by atoms with Crippen LogP contribution in [0.15, 0.2) is 37.1 Å². The number of likely N-dealkylation sites (tertiary alicyclic amines) is 1. The van der Waals surface area contributed by atoms with Crippen LogP contribution in [0.1, 0.15) is 47.5 Å². The smallest absolute Gasteiger partial charge is 0.0931 e. The van der Waals surface area contributed by atoms with Gasteiger partial charge in [0, 0.05) is 12.6 Å². The van der Waals surface area contributed by atoms with E-state index in [1.807, 2.05) is 27.7 Å². The predicted octanol–water partition coefficient (Wildman–Crippen LogP) is 4.73. The SMILES string of the molecule is C=C.C=C(/C=C(\C)OCC)CN(C)C1CCN(CC)CC1.CC. The second-order valence-electron chi connectivity index (χ2n) is 5.43. The number of allylic oxidation sites excluding steroid dienone is 1. The van der Waals surface area contributed by atoms with Gasteiger partial charge < -0.3 is 9.64 Å². The van der Waals surface area contributed by atoms with E-state index >= 15 is 0 Å². The highest BCUT2D eigenvalue weighted by Gasteiger charge is 2.21. The van der Waals surface area contributed by atoms with Crippen LogP contribution in [0.4, 0.5) is 0 Å². The van der Waals surface area contributed by atoms with Gasteiger partial charge in [-0.2, -0.15) is 0 Å². The molecule has 3 heteroatoms. The number of hydrogen-bond acceptors (Lipinski definition) is 3. The van der Waals surface area contributed by atoms with E-state index in [2.05, 4.69) is 49.6 Å². The molecule has 3 nitrogen and oxygen atoms in total. The zero-order chi connectivity index (χ0) is 18.3. The van der Waals surface area contributed by atoms with Gasteiger partial charge in [0.15, 0.2) is 0 Å². The number of nitrogens with zero attached hydrogens (tertiary/aromatic N) is 2. The summed E-state index contributed by atoms with van der Waals surface area (Å²) in [6, 6.07) is 0.695. The first-order chi connectivity index (χ1) is 11.1. The van der Waals surface area contributed by atoms with Crippen molar-refractivity contribution in [1.29, 1.82) is 0 Å². The first-order valence-corrected chi connectivity index (χ1v) is 8.98. The van der Waals surface area contributed by atoms with Crippen molar-refractivity contribution in [2.24, 2.45) is 0 Å². The molecule has 0 N–H and O–H groups in total. The molecular weight excluding hydrogens is 284 g/mol. The summed E-state index contributed by atoms with van der Waals surface area (Å²) in [4.78, 5) is 4.96. The van der Waals surface area contributed by atoms with Crippen LogP contribution in [-0.2, 0) is 4.74 Å². The van der Waals surface area contributed by atoms with Crippen LogP contribution in [0.5, 0.6) is 0 Å². The molecule has 136 valence electrons. The molecule has 0 atom stereocenters. The summed E-state index contributed by atoms with van der Waals surface area (Å²) >= 11 is 0. The van der Waals surface area contributed by atoms with Crippen LogP contribution in [-0.4, -0.2) is 55.7 Å². The Hall–Kier alpha value is -1.06. The van der Waals surface area contributed by atoms with E-state index in [1.165, 1.54) is 32.5 Å². The first kappa shape index (κ1) is 24.2. The minimum Gasteiger partial charge on any atom is -0.499 e. The zero-order valence-electron chi connectivity index (χ0n) is 16.5. The quantitative estimate of drug-likeness (QED) is 0.382. The third kappa shape index (κ3) is 11.2. The minimum atomic E-state index is 0.695. The molecule has 0 aromatic carbocycles.